The number of methoxy groups -OCH3 is 1. The molecule has 0 saturated carbocycles. The number of imide groups is 1. The van der Waals surface area contributed by atoms with Crippen LogP contribution in [0, 0.1) is 0 Å². The summed E-state index contributed by atoms with van der Waals surface area (Å²) in [5.74, 6) is 0.697. The van der Waals surface area contributed by atoms with Crippen LogP contribution in [0.3, 0.4) is 0 Å². The Balaban J connectivity index is 1.40. The van der Waals surface area contributed by atoms with Gasteiger partial charge in [0.2, 0.25) is 11.8 Å². The van der Waals surface area contributed by atoms with Crippen LogP contribution in [0.25, 0.3) is 0 Å². The number of benzene rings is 2. The molecule has 0 N–H and O–H groups in total. The van der Waals surface area contributed by atoms with Gasteiger partial charge in [-0.15, -0.1) is 0 Å². The first-order valence-electron chi connectivity index (χ1n) is 9.43. The van der Waals surface area contributed by atoms with Crippen LogP contribution in [0.1, 0.15) is 23.1 Å². The van der Waals surface area contributed by atoms with Crippen LogP contribution in [-0.4, -0.2) is 47.9 Å². The van der Waals surface area contributed by atoms with E-state index < -0.39 is 0 Å². The van der Waals surface area contributed by atoms with Gasteiger partial charge < -0.3 is 4.74 Å². The summed E-state index contributed by atoms with van der Waals surface area (Å²) in [5.41, 5.74) is 3.70. The van der Waals surface area contributed by atoms with Crippen LogP contribution >= 0.6 is 0 Å². The van der Waals surface area contributed by atoms with Gasteiger partial charge in [-0.25, -0.2) is 0 Å². The molecule has 1 fully saturated rings. The highest BCUT2D eigenvalue weighted by molar-refractivity contribution is 6.05. The Bertz CT molecular complexity index is 847. The standard InChI is InChI=1S/C22H24N2O3/c1-27-19-8-6-16(7-9-19)10-13-24-21(25)14-20(22(24)26)23-12-11-17-4-2-3-5-18(17)15-23/h2-9,20H,10-15H2,1H3. The highest BCUT2D eigenvalue weighted by atomic mass is 16.5. The lowest BCUT2D eigenvalue weighted by Crippen LogP contribution is -2.44. The summed E-state index contributed by atoms with van der Waals surface area (Å²) >= 11 is 0. The van der Waals surface area contributed by atoms with Gasteiger partial charge in [-0.2, -0.15) is 0 Å². The first-order valence-corrected chi connectivity index (χ1v) is 9.43. The molecule has 0 radical (unpaired) electrons. The van der Waals surface area contributed by atoms with Crippen molar-refractivity contribution in [1.82, 2.24) is 9.80 Å². The maximum atomic E-state index is 12.9. The Labute approximate surface area is 159 Å². The second kappa shape index (κ2) is 7.53. The van der Waals surface area contributed by atoms with Crippen molar-refractivity contribution in [2.75, 3.05) is 20.2 Å². The van der Waals surface area contributed by atoms with Crippen molar-refractivity contribution in [2.24, 2.45) is 0 Å². The summed E-state index contributed by atoms with van der Waals surface area (Å²) in [6.07, 6.45) is 1.89. The maximum Gasteiger partial charge on any atom is 0.247 e. The molecule has 0 spiro atoms. The molecule has 1 atom stereocenters. The van der Waals surface area contributed by atoms with E-state index >= 15 is 0 Å². The molecular weight excluding hydrogens is 340 g/mol. The predicted molar refractivity (Wildman–Crippen MR) is 102 cm³/mol. The molecule has 0 aliphatic carbocycles. The summed E-state index contributed by atoms with van der Waals surface area (Å²) in [7, 11) is 1.63. The normalized spacial score (nSPS) is 20.0. The van der Waals surface area contributed by atoms with Crippen molar-refractivity contribution in [3.8, 4) is 5.75 Å². The van der Waals surface area contributed by atoms with Gasteiger partial charge >= 0.3 is 0 Å². The number of hydrogen-bond acceptors (Lipinski definition) is 4. The Morgan fingerprint density at radius 1 is 1.04 bits per heavy atom. The average molecular weight is 364 g/mol. The molecule has 2 aliphatic rings. The van der Waals surface area contributed by atoms with E-state index in [2.05, 4.69) is 23.1 Å². The zero-order valence-electron chi connectivity index (χ0n) is 15.6. The van der Waals surface area contributed by atoms with Crippen LogP contribution < -0.4 is 4.74 Å². The lowest BCUT2D eigenvalue weighted by atomic mass is 9.98. The number of nitrogens with zero attached hydrogens (tertiary/aromatic N) is 2. The maximum absolute atomic E-state index is 12.9. The van der Waals surface area contributed by atoms with Gasteiger partial charge in [-0.1, -0.05) is 36.4 Å². The molecule has 1 saturated heterocycles. The van der Waals surface area contributed by atoms with Crippen LogP contribution in [-0.2, 0) is 29.0 Å². The first kappa shape index (κ1) is 17.7. The Kier molecular flexibility index (Phi) is 4.94. The summed E-state index contributed by atoms with van der Waals surface area (Å²) < 4.78 is 5.16. The third-order valence-electron chi connectivity index (χ3n) is 5.60. The quantitative estimate of drug-likeness (QED) is 0.765. The number of carbonyl (C=O) groups excluding carboxylic acids is 2. The molecule has 4 rings (SSSR count). The Hall–Kier alpha value is -2.66. The van der Waals surface area contributed by atoms with Gasteiger partial charge in [0.05, 0.1) is 19.6 Å². The van der Waals surface area contributed by atoms with E-state index in [0.717, 1.165) is 30.8 Å². The van der Waals surface area contributed by atoms with E-state index in [4.69, 9.17) is 4.74 Å². The van der Waals surface area contributed by atoms with E-state index in [-0.39, 0.29) is 17.9 Å². The van der Waals surface area contributed by atoms with Gasteiger partial charge in [0.25, 0.3) is 0 Å². The van der Waals surface area contributed by atoms with Gasteiger partial charge in [0, 0.05) is 19.6 Å². The average Bonchev–Trinajstić information content (AvgIpc) is 3.00. The molecule has 1 unspecified atom stereocenters. The number of rotatable bonds is 5. The molecule has 27 heavy (non-hydrogen) atoms. The largest absolute Gasteiger partial charge is 0.497 e. The summed E-state index contributed by atoms with van der Waals surface area (Å²) in [6, 6.07) is 15.8. The lowest BCUT2D eigenvalue weighted by molar-refractivity contribution is -0.139. The molecule has 2 aliphatic heterocycles. The second-order valence-electron chi connectivity index (χ2n) is 7.19. The minimum atomic E-state index is -0.318. The van der Waals surface area contributed by atoms with Crippen LogP contribution in [0.15, 0.2) is 48.5 Å². The van der Waals surface area contributed by atoms with Gasteiger partial charge in [0.1, 0.15) is 5.75 Å². The van der Waals surface area contributed by atoms with Gasteiger partial charge in [0.15, 0.2) is 0 Å². The molecule has 2 amide bonds. The molecule has 0 aromatic heterocycles. The molecule has 140 valence electrons. The third-order valence-corrected chi connectivity index (χ3v) is 5.60. The van der Waals surface area contributed by atoms with E-state index in [1.54, 1.807) is 7.11 Å². The number of fused-ring (bicyclic) bond motifs is 1. The van der Waals surface area contributed by atoms with Gasteiger partial charge in [-0.05, 0) is 41.7 Å². The molecule has 0 bridgehead atoms. The fourth-order valence-corrected chi connectivity index (χ4v) is 4.00. The lowest BCUT2D eigenvalue weighted by Gasteiger charge is -2.32. The number of carbonyl (C=O) groups is 2. The number of amides is 2. The highest BCUT2D eigenvalue weighted by Gasteiger charge is 2.42. The summed E-state index contributed by atoms with van der Waals surface area (Å²) in [5, 5.41) is 0. The number of ether oxygens (including phenoxy) is 1. The molecule has 5 heteroatoms. The van der Waals surface area contributed by atoms with Crippen molar-refractivity contribution >= 4 is 11.8 Å². The van der Waals surface area contributed by atoms with Crippen LogP contribution in [0.2, 0.25) is 0 Å². The van der Waals surface area contributed by atoms with Crippen molar-refractivity contribution in [1.29, 1.82) is 0 Å². The molecule has 2 heterocycles. The van der Waals surface area contributed by atoms with E-state index in [1.165, 1.54) is 16.0 Å². The smallest absolute Gasteiger partial charge is 0.247 e. The molecule has 5 nitrogen and oxygen atoms in total. The van der Waals surface area contributed by atoms with Crippen molar-refractivity contribution in [3.63, 3.8) is 0 Å². The van der Waals surface area contributed by atoms with E-state index in [0.29, 0.717) is 19.4 Å². The number of likely N-dealkylation sites (tertiary alicyclic amines) is 1. The Morgan fingerprint density at radius 2 is 1.78 bits per heavy atom. The monoisotopic (exact) mass is 364 g/mol. The Morgan fingerprint density at radius 3 is 2.52 bits per heavy atom. The minimum Gasteiger partial charge on any atom is -0.497 e. The number of hydrogen-bond donors (Lipinski definition) is 0. The first-order chi connectivity index (χ1) is 13.2. The summed E-state index contributed by atoms with van der Waals surface area (Å²) in [4.78, 5) is 29.0. The molecule has 2 aromatic rings. The topological polar surface area (TPSA) is 49.9 Å². The zero-order chi connectivity index (χ0) is 18.8. The highest BCUT2D eigenvalue weighted by Crippen LogP contribution is 2.26. The predicted octanol–water partition coefficient (Wildman–Crippen LogP) is 2.42. The van der Waals surface area contributed by atoms with E-state index in [9.17, 15) is 9.59 Å². The van der Waals surface area contributed by atoms with Crippen molar-refractivity contribution in [3.05, 3.63) is 65.2 Å². The second-order valence-corrected chi connectivity index (χ2v) is 7.19. The van der Waals surface area contributed by atoms with Gasteiger partial charge in [-0.3, -0.25) is 19.4 Å². The molecule has 2 aromatic carbocycles. The minimum absolute atomic E-state index is 0.0482. The zero-order valence-corrected chi connectivity index (χ0v) is 15.6. The molecular formula is C22H24N2O3. The third kappa shape index (κ3) is 3.60. The van der Waals surface area contributed by atoms with E-state index in [1.807, 2.05) is 30.3 Å². The SMILES string of the molecule is COc1ccc(CCN2C(=O)CC(N3CCc4ccccc4C3)C2=O)cc1. The van der Waals surface area contributed by atoms with Crippen LogP contribution in [0.5, 0.6) is 5.75 Å². The van der Waals surface area contributed by atoms with Crippen molar-refractivity contribution < 1.29 is 14.3 Å². The van der Waals surface area contributed by atoms with Crippen LogP contribution in [0.4, 0.5) is 0 Å². The fraction of sp³-hybridized carbons (Fsp3) is 0.364. The fourth-order valence-electron chi connectivity index (χ4n) is 4.00. The summed E-state index contributed by atoms with van der Waals surface area (Å²) in [6.45, 7) is 2.00. The van der Waals surface area contributed by atoms with Crippen molar-refractivity contribution in [2.45, 2.75) is 31.8 Å².